The maximum Gasteiger partial charge on any atom is 0.336 e. The van der Waals surface area contributed by atoms with E-state index < -0.39 is 0 Å². The molecule has 5 heteroatoms. The van der Waals surface area contributed by atoms with Crippen LogP contribution in [0.2, 0.25) is 0 Å². The molecule has 168 valence electrons. The van der Waals surface area contributed by atoms with E-state index in [1.165, 1.54) is 77.0 Å². The first-order valence-electron chi connectivity index (χ1n) is 12.1. The fraction of sp³-hybridized carbons (Fsp3) is 0.833. The van der Waals surface area contributed by atoms with Gasteiger partial charge in [-0.05, 0) is 37.5 Å². The molecule has 0 saturated carbocycles. The molecule has 1 aliphatic rings. The minimum atomic E-state index is -0.269. The molecule has 0 aliphatic heterocycles. The molecule has 1 heterocycles. The summed E-state index contributed by atoms with van der Waals surface area (Å²) in [6.07, 6.45) is 19.1. The van der Waals surface area contributed by atoms with Gasteiger partial charge in [0.2, 0.25) is 0 Å². The van der Waals surface area contributed by atoms with Crippen LogP contribution in [0.4, 0.5) is 0 Å². The van der Waals surface area contributed by atoms with Crippen molar-refractivity contribution in [1.82, 2.24) is 0 Å². The molecule has 0 radical (unpaired) electrons. The molecule has 0 bridgehead atoms. The van der Waals surface area contributed by atoms with Crippen molar-refractivity contribution in [2.75, 3.05) is 0 Å². The minimum absolute atomic E-state index is 0.188. The molecule has 2 N–H and O–H groups in total. The summed E-state index contributed by atoms with van der Waals surface area (Å²) in [6, 6.07) is 0. The van der Waals surface area contributed by atoms with Crippen LogP contribution in [0.25, 0.3) is 0 Å². The molecule has 1 aliphatic carbocycles. The summed E-state index contributed by atoms with van der Waals surface area (Å²) in [5, 5.41) is 20.6. The zero-order valence-electron chi connectivity index (χ0n) is 18.6. The topological polar surface area (TPSA) is 79.9 Å². The van der Waals surface area contributed by atoms with E-state index in [1.807, 2.05) is 0 Å². The Morgan fingerprint density at radius 2 is 1.28 bits per heavy atom. The van der Waals surface area contributed by atoms with Crippen LogP contribution in [-0.4, -0.2) is 10.2 Å². The van der Waals surface area contributed by atoms with Crippen LogP contribution in [0.15, 0.2) is 13.9 Å². The lowest BCUT2D eigenvalue weighted by Gasteiger charge is -2.32. The third-order valence-electron chi connectivity index (χ3n) is 6.54. The number of rotatable bonds is 14. The normalized spacial score (nSPS) is 18.6. The van der Waals surface area contributed by atoms with Gasteiger partial charge in [0.05, 0.1) is 5.56 Å². The summed E-state index contributed by atoms with van der Waals surface area (Å²) in [6.45, 7) is 4.48. The monoisotopic (exact) mass is 410 g/mol. The Balaban J connectivity index is 2.02. The van der Waals surface area contributed by atoms with E-state index in [0.29, 0.717) is 23.5 Å². The van der Waals surface area contributed by atoms with E-state index in [4.69, 9.17) is 9.15 Å². The molecule has 0 saturated heterocycles. The van der Waals surface area contributed by atoms with Crippen molar-refractivity contribution < 1.29 is 24.1 Å². The summed E-state index contributed by atoms with van der Waals surface area (Å²) in [7, 11) is 0. The second-order valence-corrected chi connectivity index (χ2v) is 8.76. The summed E-state index contributed by atoms with van der Waals surface area (Å²) in [4.78, 5) is 0. The van der Waals surface area contributed by atoms with Crippen molar-refractivity contribution >= 4 is 0 Å². The molecular formula is C24H42O5. The van der Waals surface area contributed by atoms with Crippen LogP contribution in [-0.2, 0) is 6.42 Å². The van der Waals surface area contributed by atoms with Crippen molar-refractivity contribution in [2.24, 2.45) is 5.92 Å². The van der Waals surface area contributed by atoms with Gasteiger partial charge < -0.3 is 10.2 Å². The lowest BCUT2D eigenvalue weighted by molar-refractivity contribution is -0.194. The van der Waals surface area contributed by atoms with Gasteiger partial charge in [-0.15, -0.1) is 0 Å². The van der Waals surface area contributed by atoms with Crippen LogP contribution in [0.3, 0.4) is 0 Å². The van der Waals surface area contributed by atoms with E-state index in [1.54, 1.807) is 0 Å². The molecule has 0 fully saturated rings. The van der Waals surface area contributed by atoms with E-state index in [0.717, 1.165) is 19.3 Å². The van der Waals surface area contributed by atoms with Crippen LogP contribution in [0.1, 0.15) is 127 Å². The molecular weight excluding hydrogens is 368 g/mol. The SMILES string of the molecule is CCCCCCCCC1CCc2c(O)oooc(O)c2C1CCCCCCCC. The Morgan fingerprint density at radius 1 is 0.724 bits per heavy atom. The Labute approximate surface area is 176 Å². The van der Waals surface area contributed by atoms with E-state index >= 15 is 0 Å². The maximum absolute atomic E-state index is 10.4. The second-order valence-electron chi connectivity index (χ2n) is 8.76. The van der Waals surface area contributed by atoms with Gasteiger partial charge >= 0.3 is 11.9 Å². The van der Waals surface area contributed by atoms with Gasteiger partial charge in [-0.1, -0.05) is 95.6 Å². The molecule has 0 spiro atoms. The molecule has 2 rings (SSSR count). The third-order valence-corrected chi connectivity index (χ3v) is 6.54. The minimum Gasteiger partial charge on any atom is -0.478 e. The Hall–Kier alpha value is -1.52. The highest BCUT2D eigenvalue weighted by Crippen LogP contribution is 2.47. The average Bonchev–Trinajstić information content (AvgIpc) is 2.86. The van der Waals surface area contributed by atoms with Gasteiger partial charge in [0, 0.05) is 5.56 Å². The number of hydrogen-bond donors (Lipinski definition) is 2. The predicted octanol–water partition coefficient (Wildman–Crippen LogP) is 8.15. The summed E-state index contributed by atoms with van der Waals surface area (Å²) in [5.41, 5.74) is 1.35. The Bertz CT molecular complexity index is 596. The number of unbranched alkanes of at least 4 members (excludes halogenated alkanes) is 10. The Kier molecular flexibility index (Phi) is 11.2. The summed E-state index contributed by atoms with van der Waals surface area (Å²) < 4.78 is 14.1. The van der Waals surface area contributed by atoms with Gasteiger partial charge in [0.1, 0.15) is 0 Å². The lowest BCUT2D eigenvalue weighted by atomic mass is 9.71. The first-order chi connectivity index (χ1) is 14.2. The van der Waals surface area contributed by atoms with Gasteiger partial charge in [-0.2, -0.15) is 0 Å². The molecule has 2 unspecified atom stereocenters. The number of aromatic hydroxyl groups is 2. The molecule has 1 aromatic rings. The fourth-order valence-electron chi connectivity index (χ4n) is 4.87. The van der Waals surface area contributed by atoms with Crippen molar-refractivity contribution in [3.05, 3.63) is 11.1 Å². The van der Waals surface area contributed by atoms with E-state index in [9.17, 15) is 10.2 Å². The molecule has 0 aromatic carbocycles. The van der Waals surface area contributed by atoms with Crippen LogP contribution in [0, 0.1) is 5.92 Å². The number of fused-ring (bicyclic) bond motifs is 1. The first kappa shape index (κ1) is 23.8. The zero-order valence-corrected chi connectivity index (χ0v) is 18.6. The van der Waals surface area contributed by atoms with Crippen LogP contribution >= 0.6 is 0 Å². The molecule has 29 heavy (non-hydrogen) atoms. The van der Waals surface area contributed by atoms with Gasteiger partial charge in [-0.25, -0.2) is 9.15 Å². The highest BCUT2D eigenvalue weighted by molar-refractivity contribution is 5.40. The lowest BCUT2D eigenvalue weighted by Crippen LogP contribution is -2.21. The quantitative estimate of drug-likeness (QED) is 0.239. The van der Waals surface area contributed by atoms with E-state index in [-0.39, 0.29) is 17.8 Å². The fourth-order valence-corrected chi connectivity index (χ4v) is 4.87. The van der Waals surface area contributed by atoms with Crippen LogP contribution in [0.5, 0.6) is 11.9 Å². The summed E-state index contributed by atoms with van der Waals surface area (Å²) >= 11 is 0. The highest BCUT2D eigenvalue weighted by Gasteiger charge is 2.34. The predicted molar refractivity (Wildman–Crippen MR) is 115 cm³/mol. The van der Waals surface area contributed by atoms with Crippen molar-refractivity contribution in [3.8, 4) is 11.9 Å². The Morgan fingerprint density at radius 3 is 1.93 bits per heavy atom. The van der Waals surface area contributed by atoms with Gasteiger partial charge in [-0.3, -0.25) is 0 Å². The molecule has 2 atom stereocenters. The maximum atomic E-state index is 10.4. The standard InChI is InChI=1S/C24H42O5/c1-3-5-7-9-11-13-15-19-17-18-21-22(24(26)28-29-27-23(21)25)20(19)16-14-12-10-8-6-4-2/h19-20,25-26H,3-18H2,1-2H3. The third kappa shape index (κ3) is 7.67. The number of hydrogen-bond acceptors (Lipinski definition) is 5. The second kappa shape index (κ2) is 13.7. The highest BCUT2D eigenvalue weighted by atomic mass is 17.2. The van der Waals surface area contributed by atoms with Crippen molar-refractivity contribution in [2.45, 2.75) is 122 Å². The van der Waals surface area contributed by atoms with Gasteiger partial charge in [0.15, 0.2) is 0 Å². The smallest absolute Gasteiger partial charge is 0.336 e. The molecule has 1 aromatic heterocycles. The summed E-state index contributed by atoms with van der Waals surface area (Å²) in [5.74, 6) is 0.183. The molecule has 5 nitrogen and oxygen atoms in total. The van der Waals surface area contributed by atoms with Crippen molar-refractivity contribution in [3.63, 3.8) is 0 Å². The van der Waals surface area contributed by atoms with Crippen LogP contribution < -0.4 is 0 Å². The average molecular weight is 411 g/mol. The zero-order chi connectivity index (χ0) is 20.9. The van der Waals surface area contributed by atoms with Crippen molar-refractivity contribution in [1.29, 1.82) is 0 Å². The van der Waals surface area contributed by atoms with Gasteiger partial charge in [0.25, 0.3) is 0 Å². The van der Waals surface area contributed by atoms with E-state index in [2.05, 4.69) is 18.6 Å². The largest absolute Gasteiger partial charge is 0.478 e. The molecule has 0 amide bonds. The first-order valence-corrected chi connectivity index (χ1v) is 12.1.